The quantitative estimate of drug-likeness (QED) is 0.857. The van der Waals surface area contributed by atoms with Crippen LogP contribution in [0.25, 0.3) is 0 Å². The monoisotopic (exact) mass is 264 g/mol. The van der Waals surface area contributed by atoms with E-state index >= 15 is 0 Å². The molecule has 2 aromatic rings. The van der Waals surface area contributed by atoms with Crippen molar-refractivity contribution in [3.8, 4) is 0 Å². The molecule has 0 saturated carbocycles. The molecule has 2 nitrogen and oxygen atoms in total. The van der Waals surface area contributed by atoms with Gasteiger partial charge in [-0.3, -0.25) is 0 Å². The van der Waals surface area contributed by atoms with Gasteiger partial charge in [-0.15, -0.1) is 0 Å². The van der Waals surface area contributed by atoms with E-state index in [-0.39, 0.29) is 5.82 Å². The number of anilines is 2. The van der Waals surface area contributed by atoms with Crippen molar-refractivity contribution in [1.29, 1.82) is 0 Å². The zero-order chi connectivity index (χ0) is 13.1. The highest BCUT2D eigenvalue weighted by atomic mass is 35.5. The summed E-state index contributed by atoms with van der Waals surface area (Å²) in [5, 5.41) is 0.643. The van der Waals surface area contributed by atoms with Crippen molar-refractivity contribution in [2.75, 3.05) is 17.7 Å². The molecule has 2 rings (SSSR count). The van der Waals surface area contributed by atoms with Crippen LogP contribution in [0.3, 0.4) is 0 Å². The third-order valence-electron chi connectivity index (χ3n) is 2.75. The van der Waals surface area contributed by atoms with Gasteiger partial charge in [0.15, 0.2) is 0 Å². The molecule has 0 bridgehead atoms. The molecule has 0 aromatic heterocycles. The molecule has 0 aliphatic heterocycles. The largest absolute Gasteiger partial charge is 0.399 e. The first kappa shape index (κ1) is 12.7. The Hall–Kier alpha value is -1.74. The van der Waals surface area contributed by atoms with Gasteiger partial charge in [-0.25, -0.2) is 4.39 Å². The minimum Gasteiger partial charge on any atom is -0.399 e. The SMILES string of the molecule is CN(Cc1ccc(N)cc1Cl)c1ccc(F)cc1. The van der Waals surface area contributed by atoms with Crippen LogP contribution in [0.15, 0.2) is 42.5 Å². The minimum absolute atomic E-state index is 0.238. The Morgan fingerprint density at radius 3 is 2.44 bits per heavy atom. The highest BCUT2D eigenvalue weighted by Gasteiger charge is 2.06. The van der Waals surface area contributed by atoms with Crippen molar-refractivity contribution in [3.63, 3.8) is 0 Å². The number of hydrogen-bond donors (Lipinski definition) is 1. The first-order valence-electron chi connectivity index (χ1n) is 5.57. The zero-order valence-electron chi connectivity index (χ0n) is 10.0. The van der Waals surface area contributed by atoms with Crippen molar-refractivity contribution < 1.29 is 4.39 Å². The normalized spacial score (nSPS) is 10.4. The second-order valence-corrected chi connectivity index (χ2v) is 4.59. The second-order valence-electron chi connectivity index (χ2n) is 4.18. The molecule has 0 saturated heterocycles. The van der Waals surface area contributed by atoms with Gasteiger partial charge in [-0.05, 0) is 42.0 Å². The maximum Gasteiger partial charge on any atom is 0.123 e. The van der Waals surface area contributed by atoms with E-state index in [4.69, 9.17) is 17.3 Å². The molecule has 0 radical (unpaired) electrons. The Kier molecular flexibility index (Phi) is 3.72. The van der Waals surface area contributed by atoms with Gasteiger partial charge in [0.1, 0.15) is 5.82 Å². The first-order valence-corrected chi connectivity index (χ1v) is 5.94. The Morgan fingerprint density at radius 2 is 1.83 bits per heavy atom. The summed E-state index contributed by atoms with van der Waals surface area (Å²) < 4.78 is 12.8. The van der Waals surface area contributed by atoms with Crippen LogP contribution in [-0.2, 0) is 6.54 Å². The molecular weight excluding hydrogens is 251 g/mol. The summed E-state index contributed by atoms with van der Waals surface area (Å²) in [5.41, 5.74) is 8.21. The lowest BCUT2D eigenvalue weighted by Crippen LogP contribution is -2.16. The molecule has 0 heterocycles. The molecule has 0 unspecified atom stereocenters. The predicted octanol–water partition coefficient (Wildman–Crippen LogP) is 3.70. The van der Waals surface area contributed by atoms with E-state index in [0.29, 0.717) is 17.3 Å². The van der Waals surface area contributed by atoms with Gasteiger partial charge in [0.25, 0.3) is 0 Å². The fourth-order valence-electron chi connectivity index (χ4n) is 1.73. The van der Waals surface area contributed by atoms with E-state index in [1.54, 1.807) is 18.2 Å². The number of nitrogen functional groups attached to an aromatic ring is 1. The summed E-state index contributed by atoms with van der Waals surface area (Å²) in [6, 6.07) is 11.8. The second kappa shape index (κ2) is 5.27. The topological polar surface area (TPSA) is 29.3 Å². The number of hydrogen-bond acceptors (Lipinski definition) is 2. The smallest absolute Gasteiger partial charge is 0.123 e. The maximum absolute atomic E-state index is 12.8. The van der Waals surface area contributed by atoms with Crippen LogP contribution in [-0.4, -0.2) is 7.05 Å². The number of nitrogens with zero attached hydrogens (tertiary/aromatic N) is 1. The van der Waals surface area contributed by atoms with Crippen LogP contribution in [0, 0.1) is 5.82 Å². The lowest BCUT2D eigenvalue weighted by molar-refractivity contribution is 0.627. The molecule has 2 aromatic carbocycles. The molecular formula is C14H14ClFN2. The standard InChI is InChI=1S/C14H14ClFN2/c1-18(13-6-3-11(16)4-7-13)9-10-2-5-12(17)8-14(10)15/h2-8H,9,17H2,1H3. The van der Waals surface area contributed by atoms with Crippen LogP contribution in [0.5, 0.6) is 0 Å². The third-order valence-corrected chi connectivity index (χ3v) is 3.10. The van der Waals surface area contributed by atoms with E-state index in [0.717, 1.165) is 11.3 Å². The van der Waals surface area contributed by atoms with Crippen molar-refractivity contribution >= 4 is 23.0 Å². The molecule has 0 amide bonds. The van der Waals surface area contributed by atoms with Gasteiger partial charge in [0.2, 0.25) is 0 Å². The Morgan fingerprint density at radius 1 is 1.17 bits per heavy atom. The summed E-state index contributed by atoms with van der Waals surface area (Å²) in [4.78, 5) is 2.00. The van der Waals surface area contributed by atoms with E-state index in [2.05, 4.69) is 0 Å². The first-order chi connectivity index (χ1) is 8.56. The Balaban J connectivity index is 2.15. The van der Waals surface area contributed by atoms with Crippen LogP contribution >= 0.6 is 11.6 Å². The highest BCUT2D eigenvalue weighted by Crippen LogP contribution is 2.23. The number of benzene rings is 2. The summed E-state index contributed by atoms with van der Waals surface area (Å²) in [6.07, 6.45) is 0. The van der Waals surface area contributed by atoms with Gasteiger partial charge in [0, 0.05) is 30.0 Å². The molecule has 0 aliphatic rings. The van der Waals surface area contributed by atoms with Gasteiger partial charge >= 0.3 is 0 Å². The Labute approximate surface area is 111 Å². The zero-order valence-corrected chi connectivity index (χ0v) is 10.8. The van der Waals surface area contributed by atoms with Gasteiger partial charge < -0.3 is 10.6 Å². The lowest BCUT2D eigenvalue weighted by atomic mass is 10.2. The van der Waals surface area contributed by atoms with E-state index in [1.807, 2.05) is 24.1 Å². The predicted molar refractivity (Wildman–Crippen MR) is 74.4 cm³/mol. The maximum atomic E-state index is 12.8. The fourth-order valence-corrected chi connectivity index (χ4v) is 1.98. The van der Waals surface area contributed by atoms with Crippen molar-refractivity contribution in [2.24, 2.45) is 0 Å². The van der Waals surface area contributed by atoms with Crippen LogP contribution in [0.1, 0.15) is 5.56 Å². The van der Waals surface area contributed by atoms with Crippen molar-refractivity contribution in [2.45, 2.75) is 6.54 Å². The molecule has 2 N–H and O–H groups in total. The molecule has 0 atom stereocenters. The number of nitrogens with two attached hydrogens (primary N) is 1. The highest BCUT2D eigenvalue weighted by molar-refractivity contribution is 6.31. The van der Waals surface area contributed by atoms with Gasteiger partial charge in [0.05, 0.1) is 0 Å². The minimum atomic E-state index is -0.238. The average Bonchev–Trinajstić information content (AvgIpc) is 2.33. The lowest BCUT2D eigenvalue weighted by Gasteiger charge is -2.20. The fraction of sp³-hybridized carbons (Fsp3) is 0.143. The van der Waals surface area contributed by atoms with Crippen LogP contribution in [0.2, 0.25) is 5.02 Å². The van der Waals surface area contributed by atoms with E-state index in [9.17, 15) is 4.39 Å². The molecule has 0 spiro atoms. The van der Waals surface area contributed by atoms with Gasteiger partial charge in [-0.1, -0.05) is 17.7 Å². The summed E-state index contributed by atoms with van der Waals surface area (Å²) >= 11 is 6.12. The Bertz CT molecular complexity index is 540. The van der Waals surface area contributed by atoms with E-state index in [1.165, 1.54) is 12.1 Å². The summed E-state index contributed by atoms with van der Waals surface area (Å²) in [7, 11) is 1.93. The van der Waals surface area contributed by atoms with Crippen LogP contribution < -0.4 is 10.6 Å². The third kappa shape index (κ3) is 2.93. The number of halogens is 2. The average molecular weight is 265 g/mol. The summed E-state index contributed by atoms with van der Waals surface area (Å²) in [6.45, 7) is 0.644. The molecule has 0 aliphatic carbocycles. The summed E-state index contributed by atoms with van der Waals surface area (Å²) in [5.74, 6) is -0.238. The van der Waals surface area contributed by atoms with Crippen molar-refractivity contribution in [3.05, 3.63) is 58.9 Å². The number of rotatable bonds is 3. The molecule has 94 valence electrons. The molecule has 0 fully saturated rings. The van der Waals surface area contributed by atoms with Crippen molar-refractivity contribution in [1.82, 2.24) is 0 Å². The molecule has 18 heavy (non-hydrogen) atoms. The van der Waals surface area contributed by atoms with Crippen LogP contribution in [0.4, 0.5) is 15.8 Å². The molecule has 4 heteroatoms. The van der Waals surface area contributed by atoms with E-state index < -0.39 is 0 Å². The van der Waals surface area contributed by atoms with Gasteiger partial charge in [-0.2, -0.15) is 0 Å².